The molecule has 0 saturated carbocycles. The van der Waals surface area contributed by atoms with Gasteiger partial charge in [0.05, 0.1) is 17.7 Å². The Morgan fingerprint density at radius 3 is 2.67 bits per heavy atom. The first-order valence-electron chi connectivity index (χ1n) is 11.2. The third kappa shape index (κ3) is 4.41. The maximum atomic E-state index is 12.8. The lowest BCUT2D eigenvalue weighted by Gasteiger charge is -2.31. The molecule has 0 radical (unpaired) electrons. The first kappa shape index (κ1) is 21.1. The van der Waals surface area contributed by atoms with Gasteiger partial charge in [-0.05, 0) is 71.0 Å². The Morgan fingerprint density at radius 1 is 1.15 bits per heavy atom. The van der Waals surface area contributed by atoms with Crippen molar-refractivity contribution in [3.05, 3.63) is 76.6 Å². The molecule has 2 aliphatic heterocycles. The van der Waals surface area contributed by atoms with Crippen LogP contribution in [0.15, 0.2) is 48.8 Å². The molecule has 1 saturated heterocycles. The van der Waals surface area contributed by atoms with Crippen molar-refractivity contribution < 1.29 is 14.3 Å². The summed E-state index contributed by atoms with van der Waals surface area (Å²) >= 11 is 0. The van der Waals surface area contributed by atoms with E-state index in [-0.39, 0.29) is 11.9 Å². The summed E-state index contributed by atoms with van der Waals surface area (Å²) in [5, 5.41) is 11.1. The molecule has 1 fully saturated rings. The summed E-state index contributed by atoms with van der Waals surface area (Å²) in [6, 6.07) is 11.6. The highest BCUT2D eigenvalue weighted by Gasteiger charge is 2.24. The summed E-state index contributed by atoms with van der Waals surface area (Å²) in [6.45, 7) is 3.93. The number of fused-ring (bicyclic) bond motifs is 1. The van der Waals surface area contributed by atoms with E-state index in [4.69, 9.17) is 4.74 Å². The Morgan fingerprint density at radius 2 is 1.94 bits per heavy atom. The lowest BCUT2D eigenvalue weighted by Crippen LogP contribution is -2.39. The zero-order valence-electron chi connectivity index (χ0n) is 18.5. The fraction of sp³-hybridized carbons (Fsp3) is 0.320. The number of benzene rings is 2. The Kier molecular flexibility index (Phi) is 5.73. The fourth-order valence-corrected chi connectivity index (χ4v) is 4.46. The van der Waals surface area contributed by atoms with E-state index in [0.29, 0.717) is 24.5 Å². The Balaban J connectivity index is 1.14. The molecule has 3 heterocycles. The van der Waals surface area contributed by atoms with Crippen molar-refractivity contribution in [1.82, 2.24) is 25.1 Å². The standard InChI is InChI=1S/C25H25N5O3/c1-17-20(6-9-22-23(17)15-33-25(22)32)5-2-18-10-12-29(13-11-18)24(31)14-19-3-7-21(8-4-19)30-16-26-27-28-30/h2-9,16,18H,10-15H2,1H3. The molecule has 2 aromatic carbocycles. The Hall–Kier alpha value is -3.81. The largest absolute Gasteiger partial charge is 0.457 e. The molecule has 1 aromatic heterocycles. The number of likely N-dealkylation sites (tertiary alicyclic amines) is 1. The van der Waals surface area contributed by atoms with Gasteiger partial charge in [-0.1, -0.05) is 30.4 Å². The van der Waals surface area contributed by atoms with E-state index >= 15 is 0 Å². The molecule has 8 nitrogen and oxygen atoms in total. The van der Waals surface area contributed by atoms with Gasteiger partial charge >= 0.3 is 5.97 Å². The highest BCUT2D eigenvalue weighted by Crippen LogP contribution is 2.28. The van der Waals surface area contributed by atoms with E-state index in [0.717, 1.165) is 53.9 Å². The molecule has 8 heteroatoms. The summed E-state index contributed by atoms with van der Waals surface area (Å²) in [7, 11) is 0. The van der Waals surface area contributed by atoms with Crippen molar-refractivity contribution in [3.8, 4) is 5.69 Å². The number of carbonyl (C=O) groups excluding carboxylic acids is 2. The first-order valence-corrected chi connectivity index (χ1v) is 11.2. The van der Waals surface area contributed by atoms with Gasteiger partial charge in [0.25, 0.3) is 0 Å². The van der Waals surface area contributed by atoms with Gasteiger partial charge in [0, 0.05) is 18.7 Å². The third-order valence-corrected chi connectivity index (χ3v) is 6.55. The highest BCUT2D eigenvalue weighted by atomic mass is 16.5. The molecular weight excluding hydrogens is 418 g/mol. The molecule has 1 amide bonds. The molecular formula is C25H25N5O3. The monoisotopic (exact) mass is 443 g/mol. The van der Waals surface area contributed by atoms with Crippen molar-refractivity contribution in [2.45, 2.75) is 32.8 Å². The Labute approximate surface area is 191 Å². The van der Waals surface area contributed by atoms with Crippen LogP contribution in [0.1, 0.15) is 45.5 Å². The summed E-state index contributed by atoms with van der Waals surface area (Å²) in [5.74, 6) is 0.367. The van der Waals surface area contributed by atoms with Crippen molar-refractivity contribution in [2.24, 2.45) is 5.92 Å². The highest BCUT2D eigenvalue weighted by molar-refractivity contribution is 5.94. The van der Waals surface area contributed by atoms with Crippen LogP contribution in [0.2, 0.25) is 0 Å². The van der Waals surface area contributed by atoms with E-state index in [9.17, 15) is 9.59 Å². The van der Waals surface area contributed by atoms with Crippen molar-refractivity contribution in [1.29, 1.82) is 0 Å². The average molecular weight is 444 g/mol. The average Bonchev–Trinajstić information content (AvgIpc) is 3.50. The molecule has 0 unspecified atom stereocenters. The predicted octanol–water partition coefficient (Wildman–Crippen LogP) is 3.14. The lowest BCUT2D eigenvalue weighted by atomic mass is 9.93. The van der Waals surface area contributed by atoms with Crippen LogP contribution in [-0.2, 0) is 22.6 Å². The van der Waals surface area contributed by atoms with Crippen LogP contribution < -0.4 is 0 Å². The number of hydrogen-bond acceptors (Lipinski definition) is 6. The fourth-order valence-electron chi connectivity index (χ4n) is 4.46. The number of carbonyl (C=O) groups is 2. The predicted molar refractivity (Wildman–Crippen MR) is 121 cm³/mol. The van der Waals surface area contributed by atoms with Crippen LogP contribution in [0.5, 0.6) is 0 Å². The number of cyclic esters (lactones) is 1. The number of esters is 1. The van der Waals surface area contributed by atoms with Gasteiger partial charge in [-0.25, -0.2) is 9.48 Å². The van der Waals surface area contributed by atoms with Crippen LogP contribution in [0.25, 0.3) is 11.8 Å². The molecule has 0 spiro atoms. The minimum Gasteiger partial charge on any atom is -0.457 e. The maximum absolute atomic E-state index is 12.8. The van der Waals surface area contributed by atoms with Gasteiger partial charge in [0.2, 0.25) is 5.91 Å². The summed E-state index contributed by atoms with van der Waals surface area (Å²) in [6.07, 6.45) is 8.22. The topological polar surface area (TPSA) is 90.2 Å². The van der Waals surface area contributed by atoms with Crippen molar-refractivity contribution in [2.75, 3.05) is 13.1 Å². The van der Waals surface area contributed by atoms with Crippen molar-refractivity contribution >= 4 is 18.0 Å². The minimum atomic E-state index is -0.232. The normalized spacial score (nSPS) is 16.3. The first-order chi connectivity index (χ1) is 16.1. The molecule has 33 heavy (non-hydrogen) atoms. The van der Waals surface area contributed by atoms with Gasteiger partial charge < -0.3 is 9.64 Å². The molecule has 168 valence electrons. The molecule has 0 atom stereocenters. The van der Waals surface area contributed by atoms with E-state index in [1.807, 2.05) is 48.2 Å². The smallest absolute Gasteiger partial charge is 0.338 e. The lowest BCUT2D eigenvalue weighted by molar-refractivity contribution is -0.131. The second kappa shape index (κ2) is 8.97. The number of aromatic nitrogens is 4. The quantitative estimate of drug-likeness (QED) is 0.563. The zero-order valence-corrected chi connectivity index (χ0v) is 18.5. The van der Waals surface area contributed by atoms with Gasteiger partial charge in [0.15, 0.2) is 0 Å². The van der Waals surface area contributed by atoms with E-state index < -0.39 is 0 Å². The Bertz CT molecular complexity index is 1190. The third-order valence-electron chi connectivity index (χ3n) is 6.55. The van der Waals surface area contributed by atoms with Crippen LogP contribution >= 0.6 is 0 Å². The maximum Gasteiger partial charge on any atom is 0.338 e. The number of ether oxygens (including phenoxy) is 1. The van der Waals surface area contributed by atoms with Gasteiger partial charge in [-0.15, -0.1) is 5.10 Å². The number of piperidine rings is 1. The number of amides is 1. The molecule has 2 aliphatic rings. The zero-order chi connectivity index (χ0) is 22.8. The number of rotatable bonds is 5. The molecule has 3 aromatic rings. The number of nitrogens with zero attached hydrogens (tertiary/aromatic N) is 5. The summed E-state index contributed by atoms with van der Waals surface area (Å²) in [5.41, 5.74) is 5.74. The van der Waals surface area contributed by atoms with Crippen LogP contribution in [0.3, 0.4) is 0 Å². The van der Waals surface area contributed by atoms with Crippen LogP contribution in [-0.4, -0.2) is 50.1 Å². The second-order valence-corrected chi connectivity index (χ2v) is 8.56. The SMILES string of the molecule is Cc1c(C=CC2CCN(C(=O)Cc3ccc(-n4cnnn4)cc3)CC2)ccc2c1COC2=O. The number of tetrazole rings is 1. The van der Waals surface area contributed by atoms with Crippen molar-refractivity contribution in [3.63, 3.8) is 0 Å². The number of hydrogen-bond donors (Lipinski definition) is 0. The second-order valence-electron chi connectivity index (χ2n) is 8.56. The molecule has 0 bridgehead atoms. The molecule has 0 aliphatic carbocycles. The van der Waals surface area contributed by atoms with Gasteiger partial charge in [0.1, 0.15) is 12.9 Å². The van der Waals surface area contributed by atoms with E-state index in [1.165, 1.54) is 0 Å². The van der Waals surface area contributed by atoms with Gasteiger partial charge in [-0.2, -0.15) is 0 Å². The summed E-state index contributed by atoms with van der Waals surface area (Å²) < 4.78 is 6.73. The summed E-state index contributed by atoms with van der Waals surface area (Å²) in [4.78, 5) is 26.5. The number of allylic oxidation sites excluding steroid dienone is 1. The van der Waals surface area contributed by atoms with E-state index in [2.05, 4.69) is 27.7 Å². The minimum absolute atomic E-state index is 0.159. The van der Waals surface area contributed by atoms with E-state index in [1.54, 1.807) is 11.0 Å². The van der Waals surface area contributed by atoms with Crippen LogP contribution in [0.4, 0.5) is 0 Å². The molecule has 0 N–H and O–H groups in total. The van der Waals surface area contributed by atoms with Gasteiger partial charge in [-0.3, -0.25) is 4.79 Å². The van der Waals surface area contributed by atoms with Crippen LogP contribution in [0, 0.1) is 12.8 Å². The molecule has 5 rings (SSSR count).